The third-order valence-electron chi connectivity index (χ3n) is 4.74. The van der Waals surface area contributed by atoms with Gasteiger partial charge in [0, 0.05) is 19.8 Å². The number of para-hydroxylation sites is 2. The number of benzene rings is 3. The number of guanidine groups is 1. The lowest BCUT2D eigenvalue weighted by Gasteiger charge is -2.16. The van der Waals surface area contributed by atoms with Crippen molar-refractivity contribution < 1.29 is 0 Å². The zero-order valence-corrected chi connectivity index (χ0v) is 18.1. The van der Waals surface area contributed by atoms with Crippen LogP contribution >= 0.6 is 12.2 Å². The molecule has 1 saturated heterocycles. The van der Waals surface area contributed by atoms with Crippen LogP contribution in [0.1, 0.15) is 5.56 Å². The van der Waals surface area contributed by atoms with Crippen LogP contribution in [-0.2, 0) is 0 Å². The molecule has 7 heteroatoms. The van der Waals surface area contributed by atoms with E-state index in [4.69, 9.17) is 22.6 Å². The Morgan fingerprint density at radius 2 is 1.48 bits per heavy atom. The molecule has 1 N–H and O–H groups in total. The molecule has 154 valence electrons. The van der Waals surface area contributed by atoms with Crippen molar-refractivity contribution in [3.05, 3.63) is 90.5 Å². The van der Waals surface area contributed by atoms with Gasteiger partial charge in [-0.1, -0.05) is 60.7 Å². The average molecular weight is 427 g/mol. The van der Waals surface area contributed by atoms with E-state index in [1.54, 1.807) is 11.1 Å². The Balaban J connectivity index is 1.71. The first-order valence-corrected chi connectivity index (χ1v) is 10.2. The predicted molar refractivity (Wildman–Crippen MR) is 133 cm³/mol. The second kappa shape index (κ2) is 8.89. The van der Waals surface area contributed by atoms with E-state index in [2.05, 4.69) is 5.10 Å². The van der Waals surface area contributed by atoms with E-state index in [-0.39, 0.29) is 5.96 Å². The van der Waals surface area contributed by atoms with Crippen LogP contribution < -0.4 is 9.80 Å². The fourth-order valence-electron chi connectivity index (χ4n) is 3.11. The highest BCUT2D eigenvalue weighted by Crippen LogP contribution is 2.25. The third kappa shape index (κ3) is 4.36. The molecule has 1 aliphatic heterocycles. The molecule has 0 aliphatic carbocycles. The molecule has 0 atom stereocenters. The molecular formula is C24H22N6S. The minimum absolute atomic E-state index is 0.132. The number of amidine groups is 1. The first kappa shape index (κ1) is 20.4. The molecule has 1 aliphatic rings. The van der Waals surface area contributed by atoms with Crippen LogP contribution in [0.2, 0.25) is 0 Å². The number of nitrogens with zero attached hydrogens (tertiary/aromatic N) is 5. The second-order valence-corrected chi connectivity index (χ2v) is 7.50. The van der Waals surface area contributed by atoms with Crippen molar-refractivity contribution in [3.63, 3.8) is 0 Å². The summed E-state index contributed by atoms with van der Waals surface area (Å²) < 4.78 is 0. The van der Waals surface area contributed by atoms with Crippen LogP contribution in [0.3, 0.4) is 0 Å². The number of hydrazone groups is 1. The van der Waals surface area contributed by atoms with Crippen molar-refractivity contribution in [2.45, 2.75) is 0 Å². The molecule has 0 spiro atoms. The maximum atomic E-state index is 8.75. The molecule has 0 amide bonds. The number of rotatable bonds is 5. The van der Waals surface area contributed by atoms with E-state index < -0.39 is 0 Å². The van der Waals surface area contributed by atoms with Gasteiger partial charge < -0.3 is 4.90 Å². The number of hydrogen-bond acceptors (Lipinski definition) is 5. The summed E-state index contributed by atoms with van der Waals surface area (Å²) >= 11 is 5.71. The minimum Gasteiger partial charge on any atom is -0.378 e. The fourth-order valence-corrected chi connectivity index (χ4v) is 3.43. The fraction of sp³-hybridized carbons (Fsp3) is 0.0833. The van der Waals surface area contributed by atoms with Crippen molar-refractivity contribution >= 4 is 52.3 Å². The van der Waals surface area contributed by atoms with Gasteiger partial charge in [-0.2, -0.15) is 10.1 Å². The number of thiocarbonyl (C=S) groups is 1. The average Bonchev–Trinajstić information content (AvgIpc) is 3.02. The lowest BCUT2D eigenvalue weighted by molar-refractivity contribution is 0.671. The molecule has 0 radical (unpaired) electrons. The van der Waals surface area contributed by atoms with E-state index in [1.165, 1.54) is 5.01 Å². The van der Waals surface area contributed by atoms with Gasteiger partial charge in [0.2, 0.25) is 5.96 Å². The van der Waals surface area contributed by atoms with Gasteiger partial charge >= 0.3 is 0 Å². The first-order chi connectivity index (χ1) is 15.0. The maximum Gasteiger partial charge on any atom is 0.231 e. The minimum atomic E-state index is 0.132. The summed E-state index contributed by atoms with van der Waals surface area (Å²) in [5.74, 6) is 0.572. The number of nitrogens with one attached hydrogen (secondary N) is 1. The molecule has 3 aromatic rings. The molecule has 0 unspecified atom stereocenters. The lowest BCUT2D eigenvalue weighted by Crippen LogP contribution is -2.31. The Morgan fingerprint density at radius 1 is 0.871 bits per heavy atom. The smallest absolute Gasteiger partial charge is 0.231 e. The van der Waals surface area contributed by atoms with Crippen LogP contribution in [0.4, 0.5) is 17.1 Å². The zero-order chi connectivity index (χ0) is 21.8. The number of aliphatic imine (C=N–C) groups is 1. The Morgan fingerprint density at radius 3 is 2.10 bits per heavy atom. The van der Waals surface area contributed by atoms with Crippen molar-refractivity contribution in [3.8, 4) is 0 Å². The summed E-state index contributed by atoms with van der Waals surface area (Å²) in [7, 11) is 4.00. The maximum absolute atomic E-state index is 8.75. The topological polar surface area (TPSA) is 58.3 Å². The summed E-state index contributed by atoms with van der Waals surface area (Å²) in [6.45, 7) is 0. The van der Waals surface area contributed by atoms with Gasteiger partial charge in [0.15, 0.2) is 10.8 Å². The summed E-state index contributed by atoms with van der Waals surface area (Å²) in [4.78, 5) is 8.84. The van der Waals surface area contributed by atoms with Gasteiger partial charge in [-0.25, -0.2) is 4.99 Å². The van der Waals surface area contributed by atoms with E-state index in [9.17, 15) is 0 Å². The van der Waals surface area contributed by atoms with Gasteiger partial charge in [-0.3, -0.25) is 10.3 Å². The molecule has 1 heterocycles. The second-order valence-electron chi connectivity index (χ2n) is 7.11. The van der Waals surface area contributed by atoms with Crippen LogP contribution in [0.25, 0.3) is 0 Å². The van der Waals surface area contributed by atoms with Crippen LogP contribution in [0.5, 0.6) is 0 Å². The summed E-state index contributed by atoms with van der Waals surface area (Å²) in [5, 5.41) is 14.8. The van der Waals surface area contributed by atoms with Gasteiger partial charge in [0.25, 0.3) is 0 Å². The summed E-state index contributed by atoms with van der Waals surface area (Å²) in [6.07, 6.45) is 1.71. The highest BCUT2D eigenvalue weighted by atomic mass is 32.1. The SMILES string of the molecule is CN(C)c1ccc(/C=N/N2C(=N)N(c3ccccc3)C(=S)C2=Nc2ccccc2)cc1. The summed E-state index contributed by atoms with van der Waals surface area (Å²) in [5.41, 5.74) is 3.57. The van der Waals surface area contributed by atoms with Gasteiger partial charge in [-0.15, -0.1) is 0 Å². The molecule has 1 fully saturated rings. The summed E-state index contributed by atoms with van der Waals surface area (Å²) in [6, 6.07) is 27.2. The Hall–Kier alpha value is -3.84. The molecule has 3 aromatic carbocycles. The van der Waals surface area contributed by atoms with E-state index in [1.807, 2.05) is 104 Å². The largest absolute Gasteiger partial charge is 0.378 e. The quantitative estimate of drug-likeness (QED) is 0.466. The van der Waals surface area contributed by atoms with Crippen molar-refractivity contribution in [2.24, 2.45) is 10.1 Å². The molecule has 0 saturated carbocycles. The highest BCUT2D eigenvalue weighted by Gasteiger charge is 2.38. The third-order valence-corrected chi connectivity index (χ3v) is 5.11. The van der Waals surface area contributed by atoms with Crippen molar-refractivity contribution in [2.75, 3.05) is 23.9 Å². The molecule has 4 rings (SSSR count). The van der Waals surface area contributed by atoms with Crippen molar-refractivity contribution in [1.82, 2.24) is 5.01 Å². The Kier molecular flexibility index (Phi) is 5.86. The van der Waals surface area contributed by atoms with Gasteiger partial charge in [-0.05, 0) is 42.0 Å². The molecule has 31 heavy (non-hydrogen) atoms. The Bertz CT molecular complexity index is 1140. The first-order valence-electron chi connectivity index (χ1n) is 9.78. The Labute approximate surface area is 187 Å². The van der Waals surface area contributed by atoms with E-state index >= 15 is 0 Å². The van der Waals surface area contributed by atoms with Crippen LogP contribution in [-0.4, -0.2) is 42.1 Å². The molecular weight excluding hydrogens is 404 g/mol. The molecule has 6 nitrogen and oxygen atoms in total. The van der Waals surface area contributed by atoms with E-state index in [0.29, 0.717) is 10.8 Å². The number of anilines is 2. The highest BCUT2D eigenvalue weighted by molar-refractivity contribution is 7.82. The van der Waals surface area contributed by atoms with Crippen molar-refractivity contribution in [1.29, 1.82) is 5.41 Å². The number of hydrogen-bond donors (Lipinski definition) is 1. The van der Waals surface area contributed by atoms with Gasteiger partial charge in [0.1, 0.15) is 0 Å². The predicted octanol–water partition coefficient (Wildman–Crippen LogP) is 4.90. The monoisotopic (exact) mass is 426 g/mol. The van der Waals surface area contributed by atoms with E-state index in [0.717, 1.165) is 22.6 Å². The normalized spacial score (nSPS) is 15.4. The zero-order valence-electron chi connectivity index (χ0n) is 17.3. The van der Waals surface area contributed by atoms with Gasteiger partial charge in [0.05, 0.1) is 17.6 Å². The van der Waals surface area contributed by atoms with Crippen LogP contribution in [0.15, 0.2) is 95.0 Å². The molecule has 0 aromatic heterocycles. The standard InChI is InChI=1S/C24H22N6S/c1-28(2)20-15-13-18(14-16-20)17-26-30-22(27-19-9-5-3-6-10-19)23(31)29(24(30)25)21-11-7-4-8-12-21/h3-17,25H,1-2H3/b25-24?,26-17+,27-22?. The van der Waals surface area contributed by atoms with Crippen LogP contribution in [0, 0.1) is 5.41 Å². The molecule has 0 bridgehead atoms. The lowest BCUT2D eigenvalue weighted by atomic mass is 10.2.